The van der Waals surface area contributed by atoms with E-state index in [0.717, 1.165) is 65.7 Å². The van der Waals surface area contributed by atoms with E-state index in [1.54, 1.807) is 28.4 Å². The van der Waals surface area contributed by atoms with E-state index in [-0.39, 0.29) is 0 Å². The fourth-order valence-electron chi connectivity index (χ4n) is 2.26. The van der Waals surface area contributed by atoms with Crippen LogP contribution in [0.4, 0.5) is 0 Å². The van der Waals surface area contributed by atoms with E-state index in [4.69, 9.17) is 28.4 Å². The molecule has 0 aliphatic carbocycles. The summed E-state index contributed by atoms with van der Waals surface area (Å²) >= 11 is 0. The highest BCUT2D eigenvalue weighted by Gasteiger charge is 2.05. The first kappa shape index (κ1) is 25.7. The lowest BCUT2D eigenvalue weighted by Crippen LogP contribution is -2.34. The predicted octanol–water partition coefficient (Wildman–Crippen LogP) is 0.209. The molecule has 0 saturated heterocycles. The van der Waals surface area contributed by atoms with Crippen LogP contribution in [0.1, 0.15) is 0 Å². The molecule has 8 heteroatoms. The quantitative estimate of drug-likeness (QED) is 0.262. The van der Waals surface area contributed by atoms with Crippen molar-refractivity contribution in [1.29, 1.82) is 0 Å². The molecule has 0 saturated carbocycles. The second kappa shape index (κ2) is 21.0. The average Bonchev–Trinajstić information content (AvgIpc) is 2.66. The third-order valence-electron chi connectivity index (χ3n) is 3.92. The van der Waals surface area contributed by atoms with E-state index in [2.05, 4.69) is 9.80 Å². The van der Waals surface area contributed by atoms with E-state index >= 15 is 0 Å². The van der Waals surface area contributed by atoms with Gasteiger partial charge >= 0.3 is 0 Å². The summed E-state index contributed by atoms with van der Waals surface area (Å²) in [6.07, 6.45) is 0. The molecule has 0 rings (SSSR count). The highest BCUT2D eigenvalue weighted by atomic mass is 16.5. The van der Waals surface area contributed by atoms with E-state index in [1.807, 2.05) is 0 Å². The molecule has 0 aromatic carbocycles. The Bertz CT molecular complexity index is 232. The monoisotopic (exact) mass is 380 g/mol. The zero-order valence-corrected chi connectivity index (χ0v) is 17.2. The second-order valence-electron chi connectivity index (χ2n) is 5.88. The van der Waals surface area contributed by atoms with Crippen LogP contribution >= 0.6 is 0 Å². The van der Waals surface area contributed by atoms with Crippen LogP contribution in [0.15, 0.2) is 0 Å². The summed E-state index contributed by atoms with van der Waals surface area (Å²) in [6, 6.07) is 0. The molecule has 0 fully saturated rings. The fraction of sp³-hybridized carbons (Fsp3) is 1.00. The maximum atomic E-state index is 5.66. The standard InChI is InChI=1S/C18H40N2O6/c1-21-11-5-19(6-12-22-2)9-15-25-17-18-26-16-10-20(7-13-23-3)8-14-24-4/h5-18H2,1-4H3. The van der Waals surface area contributed by atoms with Crippen molar-refractivity contribution in [1.82, 2.24) is 9.80 Å². The molecule has 0 unspecified atom stereocenters. The molecule has 158 valence electrons. The van der Waals surface area contributed by atoms with Crippen LogP contribution in [-0.4, -0.2) is 130 Å². The minimum atomic E-state index is 0.610. The van der Waals surface area contributed by atoms with Crippen LogP contribution < -0.4 is 0 Å². The lowest BCUT2D eigenvalue weighted by molar-refractivity contribution is 0.0219. The normalized spacial score (nSPS) is 11.8. The van der Waals surface area contributed by atoms with E-state index in [9.17, 15) is 0 Å². The minimum absolute atomic E-state index is 0.610. The largest absolute Gasteiger partial charge is 0.383 e. The lowest BCUT2D eigenvalue weighted by atomic mass is 10.4. The Morgan fingerprint density at radius 3 is 0.923 bits per heavy atom. The minimum Gasteiger partial charge on any atom is -0.383 e. The van der Waals surface area contributed by atoms with Gasteiger partial charge in [0.2, 0.25) is 0 Å². The predicted molar refractivity (Wildman–Crippen MR) is 102 cm³/mol. The van der Waals surface area contributed by atoms with Crippen molar-refractivity contribution in [2.75, 3.05) is 121 Å². The van der Waals surface area contributed by atoms with Gasteiger partial charge in [-0.05, 0) is 0 Å². The number of ether oxygens (including phenoxy) is 6. The van der Waals surface area contributed by atoms with Gasteiger partial charge < -0.3 is 28.4 Å². The molecule has 0 radical (unpaired) electrons. The molecule has 0 spiro atoms. The summed E-state index contributed by atoms with van der Waals surface area (Å²) < 4.78 is 31.8. The summed E-state index contributed by atoms with van der Waals surface area (Å²) in [5.74, 6) is 0. The molecule has 0 aromatic rings. The molecule has 0 heterocycles. The van der Waals surface area contributed by atoms with Crippen molar-refractivity contribution < 1.29 is 28.4 Å². The van der Waals surface area contributed by atoms with Gasteiger partial charge in [0, 0.05) is 67.7 Å². The first-order valence-electron chi connectivity index (χ1n) is 9.34. The number of hydrogen-bond donors (Lipinski definition) is 0. The maximum Gasteiger partial charge on any atom is 0.0701 e. The Morgan fingerprint density at radius 2 is 0.654 bits per heavy atom. The summed E-state index contributed by atoms with van der Waals surface area (Å²) in [7, 11) is 6.87. The first-order chi connectivity index (χ1) is 12.8. The molecule has 0 bridgehead atoms. The van der Waals surface area contributed by atoms with Crippen molar-refractivity contribution in [3.63, 3.8) is 0 Å². The van der Waals surface area contributed by atoms with E-state index in [0.29, 0.717) is 26.4 Å². The van der Waals surface area contributed by atoms with Crippen LogP contribution in [-0.2, 0) is 28.4 Å². The van der Waals surface area contributed by atoms with Gasteiger partial charge in [0.25, 0.3) is 0 Å². The van der Waals surface area contributed by atoms with Crippen LogP contribution in [0, 0.1) is 0 Å². The highest BCUT2D eigenvalue weighted by molar-refractivity contribution is 4.57. The number of methoxy groups -OCH3 is 4. The molecular weight excluding hydrogens is 340 g/mol. The summed E-state index contributed by atoms with van der Waals surface area (Å²) in [6.45, 7) is 10.7. The number of rotatable bonds is 21. The van der Waals surface area contributed by atoms with Gasteiger partial charge in [0.15, 0.2) is 0 Å². The fourth-order valence-corrected chi connectivity index (χ4v) is 2.26. The van der Waals surface area contributed by atoms with Gasteiger partial charge in [0.05, 0.1) is 52.9 Å². The van der Waals surface area contributed by atoms with Gasteiger partial charge in [-0.1, -0.05) is 0 Å². The Morgan fingerprint density at radius 1 is 0.385 bits per heavy atom. The molecular formula is C18H40N2O6. The van der Waals surface area contributed by atoms with Crippen molar-refractivity contribution >= 4 is 0 Å². The van der Waals surface area contributed by atoms with Gasteiger partial charge in [-0.3, -0.25) is 9.80 Å². The Balaban J connectivity index is 3.64. The van der Waals surface area contributed by atoms with Gasteiger partial charge in [-0.25, -0.2) is 0 Å². The number of hydrogen-bond acceptors (Lipinski definition) is 8. The molecule has 8 nitrogen and oxygen atoms in total. The molecule has 26 heavy (non-hydrogen) atoms. The Kier molecular flexibility index (Phi) is 20.7. The van der Waals surface area contributed by atoms with Gasteiger partial charge in [-0.15, -0.1) is 0 Å². The molecule has 0 aromatic heterocycles. The van der Waals surface area contributed by atoms with Crippen LogP contribution in [0.3, 0.4) is 0 Å². The van der Waals surface area contributed by atoms with Crippen LogP contribution in [0.5, 0.6) is 0 Å². The zero-order chi connectivity index (χ0) is 19.3. The molecule has 0 aliphatic heterocycles. The van der Waals surface area contributed by atoms with Crippen molar-refractivity contribution in [3.8, 4) is 0 Å². The molecule has 0 aliphatic rings. The van der Waals surface area contributed by atoms with Crippen LogP contribution in [0.2, 0.25) is 0 Å². The van der Waals surface area contributed by atoms with Crippen molar-refractivity contribution in [2.45, 2.75) is 0 Å². The third-order valence-corrected chi connectivity index (χ3v) is 3.92. The van der Waals surface area contributed by atoms with E-state index < -0.39 is 0 Å². The summed E-state index contributed by atoms with van der Waals surface area (Å²) in [5, 5.41) is 0. The molecule has 0 atom stereocenters. The highest BCUT2D eigenvalue weighted by Crippen LogP contribution is 1.92. The Hall–Kier alpha value is -0.320. The molecule has 0 N–H and O–H groups in total. The smallest absolute Gasteiger partial charge is 0.0701 e. The lowest BCUT2D eigenvalue weighted by Gasteiger charge is -2.22. The van der Waals surface area contributed by atoms with Crippen molar-refractivity contribution in [3.05, 3.63) is 0 Å². The third kappa shape index (κ3) is 17.1. The maximum absolute atomic E-state index is 5.66. The van der Waals surface area contributed by atoms with Gasteiger partial charge in [-0.2, -0.15) is 0 Å². The first-order valence-corrected chi connectivity index (χ1v) is 9.34. The van der Waals surface area contributed by atoms with Crippen molar-refractivity contribution in [2.24, 2.45) is 0 Å². The summed E-state index contributed by atoms with van der Waals surface area (Å²) in [5.41, 5.74) is 0. The topological polar surface area (TPSA) is 61.9 Å². The average molecular weight is 381 g/mol. The SMILES string of the molecule is COCCN(CCOC)CCOCCOCCN(CCOC)CCOC. The Labute approximate surface area is 159 Å². The summed E-state index contributed by atoms with van der Waals surface area (Å²) in [4.78, 5) is 4.55. The van der Waals surface area contributed by atoms with Crippen LogP contribution in [0.25, 0.3) is 0 Å². The molecule has 0 amide bonds. The van der Waals surface area contributed by atoms with Gasteiger partial charge in [0.1, 0.15) is 0 Å². The van der Waals surface area contributed by atoms with E-state index in [1.165, 1.54) is 0 Å². The second-order valence-corrected chi connectivity index (χ2v) is 5.88. The number of nitrogens with zero attached hydrogens (tertiary/aromatic N) is 2. The zero-order valence-electron chi connectivity index (χ0n) is 17.2.